The first kappa shape index (κ1) is 16.7. The molecule has 0 amide bonds. The van der Waals surface area contributed by atoms with Crippen LogP contribution in [0.5, 0.6) is 0 Å². The lowest BCUT2D eigenvalue weighted by Crippen LogP contribution is -2.42. The second kappa shape index (κ2) is 7.25. The Hall–Kier alpha value is -1.73. The molecule has 0 bridgehead atoms. The van der Waals surface area contributed by atoms with Crippen LogP contribution in [0.3, 0.4) is 0 Å². The Morgan fingerprint density at radius 2 is 2.08 bits per heavy atom. The van der Waals surface area contributed by atoms with E-state index in [0.29, 0.717) is 18.0 Å². The number of aromatic nitrogens is 4. The quantitative estimate of drug-likeness (QED) is 0.897. The maximum atomic E-state index is 5.98. The van der Waals surface area contributed by atoms with E-state index in [4.69, 9.17) is 9.26 Å². The van der Waals surface area contributed by atoms with Crippen molar-refractivity contribution >= 4 is 0 Å². The number of aryl methyl sites for hydroxylation is 2. The number of nitrogens with zero attached hydrogens (tertiary/aromatic N) is 4. The fraction of sp³-hybridized carbons (Fsp3) is 0.722. The number of ether oxygens (including phenoxy) is 1. The van der Waals surface area contributed by atoms with Crippen LogP contribution in [-0.2, 0) is 18.2 Å². The van der Waals surface area contributed by atoms with E-state index in [1.807, 2.05) is 17.9 Å². The molecule has 7 nitrogen and oxygen atoms in total. The molecule has 2 fully saturated rings. The predicted octanol–water partition coefficient (Wildman–Crippen LogP) is 2.51. The summed E-state index contributed by atoms with van der Waals surface area (Å²) >= 11 is 0. The average Bonchev–Trinajstić information content (AvgIpc) is 3.36. The molecule has 0 spiro atoms. The van der Waals surface area contributed by atoms with Crippen molar-refractivity contribution in [2.24, 2.45) is 7.05 Å². The number of hydrogen-bond donors (Lipinski definition) is 1. The zero-order chi connectivity index (χ0) is 17.2. The summed E-state index contributed by atoms with van der Waals surface area (Å²) in [5, 5.41) is 12.2. The van der Waals surface area contributed by atoms with Crippen LogP contribution in [0.25, 0.3) is 0 Å². The van der Waals surface area contributed by atoms with Crippen molar-refractivity contribution in [3.63, 3.8) is 0 Å². The van der Waals surface area contributed by atoms with Gasteiger partial charge >= 0.3 is 0 Å². The van der Waals surface area contributed by atoms with Gasteiger partial charge in [-0.2, -0.15) is 10.1 Å². The van der Waals surface area contributed by atoms with Gasteiger partial charge in [-0.25, -0.2) is 0 Å². The van der Waals surface area contributed by atoms with Gasteiger partial charge in [-0.1, -0.05) is 12.1 Å². The first-order chi connectivity index (χ1) is 12.2. The molecule has 0 radical (unpaired) electrons. The smallest absolute Gasteiger partial charge is 0.229 e. The Balaban J connectivity index is 1.33. The number of rotatable bonds is 5. The van der Waals surface area contributed by atoms with E-state index in [1.54, 1.807) is 0 Å². The Labute approximate surface area is 148 Å². The molecule has 1 saturated heterocycles. The van der Waals surface area contributed by atoms with Crippen molar-refractivity contribution < 1.29 is 9.26 Å². The fourth-order valence-corrected chi connectivity index (χ4v) is 4.10. The van der Waals surface area contributed by atoms with Gasteiger partial charge in [-0.15, -0.1) is 0 Å². The predicted molar refractivity (Wildman–Crippen MR) is 92.1 cm³/mol. The Kier molecular flexibility index (Phi) is 4.85. The van der Waals surface area contributed by atoms with Crippen LogP contribution in [0.4, 0.5) is 0 Å². The van der Waals surface area contributed by atoms with Crippen molar-refractivity contribution in [3.8, 4) is 0 Å². The third-order valence-electron chi connectivity index (χ3n) is 5.57. The third-order valence-corrected chi connectivity index (χ3v) is 5.57. The zero-order valence-electron chi connectivity index (χ0n) is 15.0. The Morgan fingerprint density at radius 3 is 2.76 bits per heavy atom. The third kappa shape index (κ3) is 3.48. The summed E-state index contributed by atoms with van der Waals surface area (Å²) in [6.45, 7) is 2.86. The molecule has 0 unspecified atom stereocenters. The molecule has 136 valence electrons. The topological polar surface area (TPSA) is 78.0 Å². The molecule has 2 atom stereocenters. The highest BCUT2D eigenvalue weighted by Crippen LogP contribution is 2.34. The van der Waals surface area contributed by atoms with Crippen LogP contribution in [-0.4, -0.2) is 38.6 Å². The van der Waals surface area contributed by atoms with Crippen LogP contribution in [0.2, 0.25) is 0 Å². The van der Waals surface area contributed by atoms with Crippen molar-refractivity contribution in [2.75, 3.05) is 6.61 Å². The minimum absolute atomic E-state index is 0.105. The van der Waals surface area contributed by atoms with Crippen molar-refractivity contribution in [3.05, 3.63) is 29.7 Å². The van der Waals surface area contributed by atoms with Crippen molar-refractivity contribution in [1.29, 1.82) is 0 Å². The summed E-state index contributed by atoms with van der Waals surface area (Å²) in [6, 6.07) is 2.96. The van der Waals surface area contributed by atoms with E-state index in [0.717, 1.165) is 62.5 Å². The first-order valence-corrected chi connectivity index (χ1v) is 9.42. The van der Waals surface area contributed by atoms with Crippen molar-refractivity contribution in [2.45, 2.75) is 69.6 Å². The molecule has 1 N–H and O–H groups in total. The molecule has 2 aliphatic rings. The van der Waals surface area contributed by atoms with Gasteiger partial charge in [0.15, 0.2) is 5.82 Å². The molecule has 2 aromatic heterocycles. The van der Waals surface area contributed by atoms with E-state index in [-0.39, 0.29) is 6.10 Å². The molecule has 0 aromatic carbocycles. The van der Waals surface area contributed by atoms with Gasteiger partial charge < -0.3 is 14.6 Å². The SMILES string of the molecule is CCc1noc(C2CCC(N[C@H]3CCO[C@@H]3c3ccnn3C)CC2)n1. The maximum absolute atomic E-state index is 5.98. The van der Waals surface area contributed by atoms with Gasteiger partial charge in [-0.05, 0) is 38.2 Å². The van der Waals surface area contributed by atoms with Gasteiger partial charge in [0.2, 0.25) is 5.89 Å². The molecule has 4 rings (SSSR count). The van der Waals surface area contributed by atoms with Gasteiger partial charge in [0.05, 0.1) is 5.69 Å². The molecule has 3 heterocycles. The minimum atomic E-state index is 0.105. The molecular weight excluding hydrogens is 318 g/mol. The lowest BCUT2D eigenvalue weighted by atomic mass is 9.85. The average molecular weight is 345 g/mol. The van der Waals surface area contributed by atoms with Crippen LogP contribution in [0.15, 0.2) is 16.8 Å². The summed E-state index contributed by atoms with van der Waals surface area (Å²) in [5.74, 6) is 2.06. The summed E-state index contributed by atoms with van der Waals surface area (Å²) in [5.41, 5.74) is 1.15. The lowest BCUT2D eigenvalue weighted by molar-refractivity contribution is 0.0879. The monoisotopic (exact) mass is 345 g/mol. The van der Waals surface area contributed by atoms with E-state index in [2.05, 4.69) is 33.5 Å². The summed E-state index contributed by atoms with van der Waals surface area (Å²) in [4.78, 5) is 4.51. The Morgan fingerprint density at radius 1 is 1.24 bits per heavy atom. The lowest BCUT2D eigenvalue weighted by Gasteiger charge is -2.31. The van der Waals surface area contributed by atoms with Crippen LogP contribution < -0.4 is 5.32 Å². The van der Waals surface area contributed by atoms with Gasteiger partial charge in [0, 0.05) is 44.3 Å². The van der Waals surface area contributed by atoms with E-state index in [1.165, 1.54) is 0 Å². The molecule has 7 heteroatoms. The first-order valence-electron chi connectivity index (χ1n) is 9.42. The summed E-state index contributed by atoms with van der Waals surface area (Å²) < 4.78 is 13.3. The number of hydrogen-bond acceptors (Lipinski definition) is 6. The normalized spacial score (nSPS) is 30.0. The zero-order valence-corrected chi connectivity index (χ0v) is 15.0. The minimum Gasteiger partial charge on any atom is -0.370 e. The molecule has 1 aliphatic carbocycles. The molecular formula is C18H27N5O2. The fourth-order valence-electron chi connectivity index (χ4n) is 4.10. The molecule has 2 aromatic rings. The van der Waals surface area contributed by atoms with Crippen LogP contribution in [0.1, 0.15) is 68.5 Å². The highest BCUT2D eigenvalue weighted by Gasteiger charge is 2.34. The second-order valence-corrected chi connectivity index (χ2v) is 7.18. The molecule has 1 saturated carbocycles. The largest absolute Gasteiger partial charge is 0.370 e. The number of nitrogens with one attached hydrogen (secondary N) is 1. The highest BCUT2D eigenvalue weighted by molar-refractivity contribution is 5.10. The van der Waals surface area contributed by atoms with Gasteiger partial charge in [0.25, 0.3) is 0 Å². The Bertz CT molecular complexity index is 689. The van der Waals surface area contributed by atoms with Crippen LogP contribution in [0, 0.1) is 0 Å². The van der Waals surface area contributed by atoms with Gasteiger partial charge in [-0.3, -0.25) is 4.68 Å². The second-order valence-electron chi connectivity index (χ2n) is 7.18. The highest BCUT2D eigenvalue weighted by atomic mass is 16.5. The summed E-state index contributed by atoms with van der Waals surface area (Å²) in [7, 11) is 1.98. The van der Waals surface area contributed by atoms with E-state index < -0.39 is 0 Å². The standard InChI is InChI=1S/C18H27N5O2/c1-3-16-21-18(25-22-16)12-4-6-13(7-5-12)20-14-9-11-24-17(14)15-8-10-19-23(15)2/h8,10,12-14,17,20H,3-7,9,11H2,1-2H3/t12?,13?,14-,17-/m0/s1. The van der Waals surface area contributed by atoms with Crippen LogP contribution >= 0.6 is 0 Å². The maximum Gasteiger partial charge on any atom is 0.229 e. The van der Waals surface area contributed by atoms with Crippen molar-refractivity contribution in [1.82, 2.24) is 25.2 Å². The van der Waals surface area contributed by atoms with Gasteiger partial charge in [0.1, 0.15) is 6.10 Å². The van der Waals surface area contributed by atoms with E-state index >= 15 is 0 Å². The molecule has 25 heavy (non-hydrogen) atoms. The molecule has 1 aliphatic heterocycles. The van der Waals surface area contributed by atoms with E-state index in [9.17, 15) is 0 Å². The summed E-state index contributed by atoms with van der Waals surface area (Å²) in [6.07, 6.45) is 8.32.